The van der Waals surface area contributed by atoms with Gasteiger partial charge < -0.3 is 19.9 Å². The highest BCUT2D eigenvalue weighted by atomic mass is 19.4. The van der Waals surface area contributed by atoms with Gasteiger partial charge in [-0.2, -0.15) is 18.4 Å². The predicted octanol–water partition coefficient (Wildman–Crippen LogP) is 5.93. The highest BCUT2D eigenvalue weighted by Crippen LogP contribution is 2.51. The van der Waals surface area contributed by atoms with Crippen LogP contribution in [-0.2, 0) is 38.1 Å². The molecule has 0 radical (unpaired) electrons. The molecule has 0 bridgehead atoms. The number of aromatic nitrogens is 3. The first-order valence-electron chi connectivity index (χ1n) is 14.6. The topological polar surface area (TPSA) is 90.0 Å². The third-order valence-electron chi connectivity index (χ3n) is 9.66. The number of aryl methyl sites for hydroxylation is 1. The van der Waals surface area contributed by atoms with E-state index in [1.807, 2.05) is 35.9 Å². The summed E-state index contributed by atoms with van der Waals surface area (Å²) in [5, 5.41) is 32.6. The fourth-order valence-electron chi connectivity index (χ4n) is 7.29. The predicted molar refractivity (Wildman–Crippen MR) is 152 cm³/mol. The Kier molecular flexibility index (Phi) is 7.09. The van der Waals surface area contributed by atoms with Gasteiger partial charge in [-0.05, 0) is 78.5 Å². The van der Waals surface area contributed by atoms with E-state index >= 15 is 0 Å². The maximum atomic E-state index is 14.3. The Morgan fingerprint density at radius 2 is 1.95 bits per heavy atom. The highest BCUT2D eigenvalue weighted by molar-refractivity contribution is 5.58. The number of anilines is 1. The minimum atomic E-state index is -4.54. The zero-order chi connectivity index (χ0) is 29.9. The molecule has 7 nitrogen and oxygen atoms in total. The molecule has 2 unspecified atom stereocenters. The second-order valence-corrected chi connectivity index (χ2v) is 13.3. The van der Waals surface area contributed by atoms with Crippen LogP contribution >= 0.6 is 0 Å². The number of nitrogens with one attached hydrogen (secondary N) is 1. The number of alkyl halides is 3. The van der Waals surface area contributed by atoms with E-state index in [0.717, 1.165) is 30.7 Å². The number of hydrogen-bond acceptors (Lipinski definition) is 6. The highest BCUT2D eigenvalue weighted by Gasteiger charge is 2.47. The number of hydrogen-bond donors (Lipinski definition) is 2. The minimum absolute atomic E-state index is 0.0452. The summed E-state index contributed by atoms with van der Waals surface area (Å²) in [6.07, 6.45) is 0.913. The first-order valence-corrected chi connectivity index (χ1v) is 14.6. The number of halogens is 3. The van der Waals surface area contributed by atoms with E-state index in [0.29, 0.717) is 42.6 Å². The molecule has 42 heavy (non-hydrogen) atoms. The molecule has 1 aromatic heterocycles. The van der Waals surface area contributed by atoms with Crippen molar-refractivity contribution >= 4 is 5.69 Å². The Balaban J connectivity index is 1.28. The number of nitrogens with zero attached hydrogens (tertiary/aromatic N) is 5. The van der Waals surface area contributed by atoms with Crippen molar-refractivity contribution in [1.29, 1.82) is 5.26 Å². The van der Waals surface area contributed by atoms with Gasteiger partial charge in [0.25, 0.3) is 0 Å². The minimum Gasteiger partial charge on any atom is -0.369 e. The van der Waals surface area contributed by atoms with Gasteiger partial charge in [0, 0.05) is 55.2 Å². The summed E-state index contributed by atoms with van der Waals surface area (Å²) in [5.41, 5.74) is 1.80. The van der Waals surface area contributed by atoms with Gasteiger partial charge in [0.1, 0.15) is 12.2 Å². The lowest BCUT2D eigenvalue weighted by molar-refractivity contribution is -0.138. The third kappa shape index (κ3) is 5.29. The largest absolute Gasteiger partial charge is 0.416 e. The monoisotopic (exact) mass is 578 g/mol. The molecule has 2 aliphatic carbocycles. The van der Waals surface area contributed by atoms with Crippen molar-refractivity contribution in [3.63, 3.8) is 0 Å². The molecule has 1 aliphatic heterocycles. The number of benzene rings is 2. The normalized spacial score (nSPS) is 26.6. The van der Waals surface area contributed by atoms with Gasteiger partial charge in [0.05, 0.1) is 11.6 Å². The zero-order valence-electron chi connectivity index (χ0n) is 24.2. The Bertz CT molecular complexity index is 1520. The van der Waals surface area contributed by atoms with Crippen LogP contribution in [0.3, 0.4) is 0 Å². The van der Waals surface area contributed by atoms with Crippen LogP contribution in [0.5, 0.6) is 0 Å². The number of aliphatic hydroxyl groups is 1. The van der Waals surface area contributed by atoms with Crippen LogP contribution < -0.4 is 10.2 Å². The molecule has 6 rings (SSSR count). The number of aliphatic hydroxyl groups excluding tert-OH is 1. The van der Waals surface area contributed by atoms with E-state index in [4.69, 9.17) is 0 Å². The summed E-state index contributed by atoms with van der Waals surface area (Å²) in [6, 6.07) is 13.3. The van der Waals surface area contributed by atoms with Gasteiger partial charge >= 0.3 is 6.18 Å². The molecule has 2 saturated carbocycles. The molecule has 0 spiro atoms. The lowest BCUT2D eigenvalue weighted by atomic mass is 9.57. The van der Waals surface area contributed by atoms with Crippen molar-refractivity contribution in [2.24, 2.45) is 18.4 Å². The fourth-order valence-corrected chi connectivity index (χ4v) is 7.29. The molecule has 10 heteroatoms. The van der Waals surface area contributed by atoms with Crippen molar-refractivity contribution in [2.75, 3.05) is 4.90 Å². The number of rotatable bonds is 7. The Morgan fingerprint density at radius 3 is 2.60 bits per heavy atom. The molecular formula is C32H37F3N6O. The van der Waals surface area contributed by atoms with Crippen molar-refractivity contribution < 1.29 is 18.3 Å². The first-order chi connectivity index (χ1) is 19.9. The Labute approximate surface area is 244 Å². The lowest BCUT2D eigenvalue weighted by Crippen LogP contribution is -2.43. The van der Waals surface area contributed by atoms with Gasteiger partial charge in [-0.1, -0.05) is 26.0 Å². The molecule has 0 amide bonds. The number of nitriles is 1. The Morgan fingerprint density at radius 1 is 1.17 bits per heavy atom. The van der Waals surface area contributed by atoms with Crippen LogP contribution in [0.2, 0.25) is 0 Å². The van der Waals surface area contributed by atoms with Crippen molar-refractivity contribution in [3.8, 4) is 6.07 Å². The SMILES string of the molecule is Cn1cnnc1CC1(c2cccc(N3Cc4c(cc(CNC5CCC(C)(C)C5)cc4C(F)(F)F)C3O)c2)CC(C#N)C1. The molecule has 0 saturated heterocycles. The smallest absolute Gasteiger partial charge is 0.369 e. The summed E-state index contributed by atoms with van der Waals surface area (Å²) < 4.78 is 44.8. The molecule has 2 fully saturated rings. The van der Waals surface area contributed by atoms with Crippen LogP contribution in [0, 0.1) is 22.7 Å². The van der Waals surface area contributed by atoms with Crippen LogP contribution in [0.15, 0.2) is 42.7 Å². The maximum absolute atomic E-state index is 14.3. The molecule has 3 aliphatic rings. The first kappa shape index (κ1) is 28.7. The molecule has 2 aromatic carbocycles. The molecular weight excluding hydrogens is 541 g/mol. The third-order valence-corrected chi connectivity index (χ3v) is 9.66. The van der Waals surface area contributed by atoms with E-state index in [2.05, 4.69) is 35.4 Å². The summed E-state index contributed by atoms with van der Waals surface area (Å²) in [5.74, 6) is 0.739. The second kappa shape index (κ2) is 10.4. The van der Waals surface area contributed by atoms with Crippen LogP contribution in [0.1, 0.15) is 85.8 Å². The summed E-state index contributed by atoms with van der Waals surface area (Å²) in [6.45, 7) is 4.72. The van der Waals surface area contributed by atoms with Crippen molar-refractivity contribution in [2.45, 2.75) is 89.3 Å². The fraction of sp³-hybridized carbons (Fsp3) is 0.531. The number of fused-ring (bicyclic) bond motifs is 1. The van der Waals surface area contributed by atoms with Crippen LogP contribution in [-0.4, -0.2) is 25.9 Å². The van der Waals surface area contributed by atoms with Crippen molar-refractivity contribution in [3.05, 3.63) is 76.4 Å². The van der Waals surface area contributed by atoms with E-state index in [1.165, 1.54) is 6.07 Å². The van der Waals surface area contributed by atoms with Crippen molar-refractivity contribution in [1.82, 2.24) is 20.1 Å². The van der Waals surface area contributed by atoms with Crippen LogP contribution in [0.25, 0.3) is 0 Å². The summed E-state index contributed by atoms with van der Waals surface area (Å²) in [7, 11) is 1.88. The van der Waals surface area contributed by atoms with E-state index < -0.39 is 18.0 Å². The van der Waals surface area contributed by atoms with Crippen LogP contribution in [0.4, 0.5) is 18.9 Å². The molecule has 3 aromatic rings. The quantitative estimate of drug-likeness (QED) is 0.362. The van der Waals surface area contributed by atoms with Gasteiger partial charge in [-0.25, -0.2) is 0 Å². The van der Waals surface area contributed by atoms with Gasteiger partial charge in [-0.15, -0.1) is 10.2 Å². The van der Waals surface area contributed by atoms with Gasteiger partial charge in [0.15, 0.2) is 6.23 Å². The lowest BCUT2D eigenvalue weighted by Gasteiger charge is -2.45. The average Bonchev–Trinajstić information content (AvgIpc) is 3.59. The standard InChI is InChI=1S/C32H37F3N6O/c1-30(2)8-7-23(14-30)37-17-20-9-25-26(27(10-20)32(33,34)35)18-41(29(25)42)24-6-4-5-22(11-24)31(12-21(13-31)16-36)15-28-39-38-19-40(28)3/h4-6,9-11,19,21,23,29,37,42H,7-8,12-15,17-18H2,1-3H3. The molecule has 2 N–H and O–H groups in total. The second-order valence-electron chi connectivity index (χ2n) is 13.3. The summed E-state index contributed by atoms with van der Waals surface area (Å²) in [4.78, 5) is 1.64. The zero-order valence-corrected chi connectivity index (χ0v) is 24.2. The van der Waals surface area contributed by atoms with Gasteiger partial charge in [0.2, 0.25) is 0 Å². The van der Waals surface area contributed by atoms with E-state index in [1.54, 1.807) is 17.3 Å². The average molecular weight is 579 g/mol. The molecule has 2 heterocycles. The molecule has 2 atom stereocenters. The summed E-state index contributed by atoms with van der Waals surface area (Å²) >= 11 is 0. The maximum Gasteiger partial charge on any atom is 0.416 e. The molecule has 222 valence electrons. The Hall–Kier alpha value is -3.42. The van der Waals surface area contributed by atoms with Gasteiger partial charge in [-0.3, -0.25) is 0 Å². The van der Waals surface area contributed by atoms with E-state index in [-0.39, 0.29) is 34.9 Å². The van der Waals surface area contributed by atoms with E-state index in [9.17, 15) is 23.5 Å².